The van der Waals surface area contributed by atoms with E-state index >= 15 is 0 Å². The second-order valence-electron chi connectivity index (χ2n) is 5.90. The zero-order valence-electron chi connectivity index (χ0n) is 11.7. The fourth-order valence-corrected chi connectivity index (χ4v) is 3.38. The Labute approximate surface area is 120 Å². The van der Waals surface area contributed by atoms with E-state index < -0.39 is 0 Å². The van der Waals surface area contributed by atoms with Gasteiger partial charge in [0.1, 0.15) is 0 Å². The molecule has 0 radical (unpaired) electrons. The Kier molecular flexibility index (Phi) is 2.66. The number of benzene rings is 2. The van der Waals surface area contributed by atoms with Crippen LogP contribution in [0.15, 0.2) is 49.0 Å². The summed E-state index contributed by atoms with van der Waals surface area (Å²) in [5, 5.41) is 3.63. The zero-order valence-corrected chi connectivity index (χ0v) is 11.7. The first kappa shape index (κ1) is 11.8. The standard InChI is InChI=1S/C19H19N/c1-13(16-8-6-14-7-9-17(14)12-16)20-19-11-10-15-4-2-3-5-18(15)19/h2-6,8,12,19-20H,1,7,9-11H2. The lowest BCUT2D eigenvalue weighted by Crippen LogP contribution is -2.18. The topological polar surface area (TPSA) is 12.0 Å². The molecule has 1 nitrogen and oxygen atoms in total. The van der Waals surface area contributed by atoms with Gasteiger partial charge in [0, 0.05) is 5.70 Å². The summed E-state index contributed by atoms with van der Waals surface area (Å²) in [6, 6.07) is 15.9. The normalized spacial score (nSPS) is 18.9. The molecule has 0 amide bonds. The summed E-state index contributed by atoms with van der Waals surface area (Å²) >= 11 is 0. The fraction of sp³-hybridized carbons (Fsp3) is 0.263. The van der Waals surface area contributed by atoms with Crippen LogP contribution in [0.25, 0.3) is 5.70 Å². The van der Waals surface area contributed by atoms with Gasteiger partial charge in [0.05, 0.1) is 6.04 Å². The molecule has 0 aliphatic heterocycles. The third-order valence-corrected chi connectivity index (χ3v) is 4.70. The first-order valence-electron chi connectivity index (χ1n) is 7.47. The Balaban J connectivity index is 1.54. The molecule has 0 saturated carbocycles. The quantitative estimate of drug-likeness (QED) is 0.879. The molecule has 0 fully saturated rings. The summed E-state index contributed by atoms with van der Waals surface area (Å²) in [5.41, 5.74) is 8.23. The van der Waals surface area contributed by atoms with Gasteiger partial charge < -0.3 is 5.32 Å². The SMILES string of the molecule is C=C(NC1CCc2ccccc21)c1ccc2c(c1)CC2. The maximum atomic E-state index is 4.25. The van der Waals surface area contributed by atoms with Crippen molar-refractivity contribution in [3.8, 4) is 0 Å². The number of rotatable bonds is 3. The molecule has 2 aromatic rings. The third-order valence-electron chi connectivity index (χ3n) is 4.70. The predicted molar refractivity (Wildman–Crippen MR) is 83.5 cm³/mol. The van der Waals surface area contributed by atoms with Crippen LogP contribution in [0.5, 0.6) is 0 Å². The molecule has 2 aliphatic rings. The minimum Gasteiger partial charge on any atom is -0.378 e. The van der Waals surface area contributed by atoms with Gasteiger partial charge in [-0.05, 0) is 59.6 Å². The van der Waals surface area contributed by atoms with Crippen LogP contribution in [0.4, 0.5) is 0 Å². The minimum absolute atomic E-state index is 0.421. The maximum Gasteiger partial charge on any atom is 0.0519 e. The molecular formula is C19H19N. The van der Waals surface area contributed by atoms with Gasteiger partial charge in [0.2, 0.25) is 0 Å². The van der Waals surface area contributed by atoms with Crippen molar-refractivity contribution >= 4 is 5.70 Å². The van der Waals surface area contributed by atoms with Crippen LogP contribution < -0.4 is 5.32 Å². The van der Waals surface area contributed by atoms with Gasteiger partial charge in [-0.3, -0.25) is 0 Å². The van der Waals surface area contributed by atoms with Crippen LogP contribution in [0.1, 0.15) is 40.3 Å². The average Bonchev–Trinajstić information content (AvgIpc) is 2.84. The van der Waals surface area contributed by atoms with Crippen LogP contribution in [0.2, 0.25) is 0 Å². The molecule has 0 bridgehead atoms. The Bertz CT molecular complexity index is 684. The van der Waals surface area contributed by atoms with Crippen molar-refractivity contribution in [3.63, 3.8) is 0 Å². The molecule has 100 valence electrons. The summed E-state index contributed by atoms with van der Waals surface area (Å²) in [5.74, 6) is 0. The molecule has 1 N–H and O–H groups in total. The first-order chi connectivity index (χ1) is 9.81. The Hall–Kier alpha value is -2.02. The number of fused-ring (bicyclic) bond motifs is 2. The van der Waals surface area contributed by atoms with Gasteiger partial charge >= 0.3 is 0 Å². The lowest BCUT2D eigenvalue weighted by molar-refractivity contribution is 0.628. The zero-order chi connectivity index (χ0) is 13.5. The van der Waals surface area contributed by atoms with Crippen molar-refractivity contribution in [3.05, 3.63) is 76.9 Å². The summed E-state index contributed by atoms with van der Waals surface area (Å²) in [7, 11) is 0. The number of hydrogen-bond donors (Lipinski definition) is 1. The fourth-order valence-electron chi connectivity index (χ4n) is 3.38. The van der Waals surface area contributed by atoms with Crippen LogP contribution >= 0.6 is 0 Å². The molecule has 0 heterocycles. The smallest absolute Gasteiger partial charge is 0.0519 e. The first-order valence-corrected chi connectivity index (χ1v) is 7.47. The van der Waals surface area contributed by atoms with Crippen LogP contribution in [-0.4, -0.2) is 0 Å². The lowest BCUT2D eigenvalue weighted by Gasteiger charge is -2.22. The average molecular weight is 261 g/mol. The molecule has 20 heavy (non-hydrogen) atoms. The van der Waals surface area contributed by atoms with Gasteiger partial charge in [-0.25, -0.2) is 0 Å². The highest BCUT2D eigenvalue weighted by atomic mass is 14.9. The van der Waals surface area contributed by atoms with E-state index in [1.165, 1.54) is 53.5 Å². The highest BCUT2D eigenvalue weighted by Crippen LogP contribution is 2.33. The van der Waals surface area contributed by atoms with E-state index in [-0.39, 0.29) is 0 Å². The largest absolute Gasteiger partial charge is 0.378 e. The van der Waals surface area contributed by atoms with Crippen molar-refractivity contribution in [1.29, 1.82) is 0 Å². The molecule has 0 spiro atoms. The van der Waals surface area contributed by atoms with Crippen molar-refractivity contribution in [2.75, 3.05) is 0 Å². The van der Waals surface area contributed by atoms with E-state index in [1.54, 1.807) is 0 Å². The van der Waals surface area contributed by atoms with Gasteiger partial charge in [-0.15, -0.1) is 0 Å². The Morgan fingerprint density at radius 2 is 1.80 bits per heavy atom. The molecular weight excluding hydrogens is 242 g/mol. The molecule has 0 aromatic heterocycles. The van der Waals surface area contributed by atoms with Crippen LogP contribution in [0.3, 0.4) is 0 Å². The highest BCUT2D eigenvalue weighted by Gasteiger charge is 2.22. The monoisotopic (exact) mass is 261 g/mol. The summed E-state index contributed by atoms with van der Waals surface area (Å²) in [6.07, 6.45) is 4.81. The van der Waals surface area contributed by atoms with Gasteiger partial charge in [0.25, 0.3) is 0 Å². The van der Waals surface area contributed by atoms with Gasteiger partial charge in [-0.1, -0.05) is 43.0 Å². The van der Waals surface area contributed by atoms with E-state index in [0.717, 1.165) is 5.70 Å². The summed E-state index contributed by atoms with van der Waals surface area (Å²) < 4.78 is 0. The molecule has 1 heteroatoms. The molecule has 0 saturated heterocycles. The third kappa shape index (κ3) is 1.85. The Morgan fingerprint density at radius 3 is 2.60 bits per heavy atom. The maximum absolute atomic E-state index is 4.25. The molecule has 1 unspecified atom stereocenters. The highest BCUT2D eigenvalue weighted by molar-refractivity contribution is 5.64. The second kappa shape index (κ2) is 4.52. The van der Waals surface area contributed by atoms with E-state index in [2.05, 4.69) is 54.4 Å². The second-order valence-corrected chi connectivity index (χ2v) is 5.90. The van der Waals surface area contributed by atoms with Crippen LogP contribution in [0, 0.1) is 0 Å². The van der Waals surface area contributed by atoms with Crippen molar-refractivity contribution in [2.24, 2.45) is 0 Å². The summed E-state index contributed by atoms with van der Waals surface area (Å²) in [6.45, 7) is 4.25. The molecule has 2 aliphatic carbocycles. The van der Waals surface area contributed by atoms with E-state index in [4.69, 9.17) is 0 Å². The Morgan fingerprint density at radius 1 is 0.950 bits per heavy atom. The number of aryl methyl sites for hydroxylation is 3. The molecule has 2 aromatic carbocycles. The van der Waals surface area contributed by atoms with Crippen LogP contribution in [-0.2, 0) is 19.3 Å². The van der Waals surface area contributed by atoms with Crippen molar-refractivity contribution in [1.82, 2.24) is 5.32 Å². The predicted octanol–water partition coefficient (Wildman–Crippen LogP) is 4.03. The molecule has 1 atom stereocenters. The van der Waals surface area contributed by atoms with Crippen molar-refractivity contribution in [2.45, 2.75) is 31.7 Å². The lowest BCUT2D eigenvalue weighted by atomic mass is 9.87. The van der Waals surface area contributed by atoms with Gasteiger partial charge in [0.15, 0.2) is 0 Å². The minimum atomic E-state index is 0.421. The molecule has 4 rings (SSSR count). The van der Waals surface area contributed by atoms with E-state index in [1.807, 2.05) is 0 Å². The summed E-state index contributed by atoms with van der Waals surface area (Å²) in [4.78, 5) is 0. The van der Waals surface area contributed by atoms with E-state index in [0.29, 0.717) is 6.04 Å². The number of hydrogen-bond acceptors (Lipinski definition) is 1. The number of nitrogens with one attached hydrogen (secondary N) is 1. The van der Waals surface area contributed by atoms with Crippen molar-refractivity contribution < 1.29 is 0 Å². The van der Waals surface area contributed by atoms with Gasteiger partial charge in [-0.2, -0.15) is 0 Å². The van der Waals surface area contributed by atoms with E-state index in [9.17, 15) is 0 Å².